The fraction of sp³-hybridized carbons (Fsp3) is 0.188. The maximum Gasteiger partial charge on any atom is 0.323 e. The molecular formula is C16H18N2O. The minimum absolute atomic E-state index is 0.213. The second kappa shape index (κ2) is 6.05. The van der Waals surface area contributed by atoms with Crippen molar-refractivity contribution in [1.29, 1.82) is 0 Å². The van der Waals surface area contributed by atoms with Crippen LogP contribution in [-0.4, -0.2) is 6.03 Å². The molecule has 0 saturated heterocycles. The zero-order valence-corrected chi connectivity index (χ0v) is 11.2. The van der Waals surface area contributed by atoms with Crippen LogP contribution in [0.15, 0.2) is 48.5 Å². The van der Waals surface area contributed by atoms with E-state index in [1.54, 1.807) is 0 Å². The molecule has 0 saturated carbocycles. The summed E-state index contributed by atoms with van der Waals surface area (Å²) in [6, 6.07) is 15.2. The average molecular weight is 254 g/mol. The van der Waals surface area contributed by atoms with E-state index in [2.05, 4.69) is 17.6 Å². The summed E-state index contributed by atoms with van der Waals surface area (Å²) < 4.78 is 0. The summed E-state index contributed by atoms with van der Waals surface area (Å²) in [4.78, 5) is 12.0. The molecule has 2 aromatic carbocycles. The van der Waals surface area contributed by atoms with E-state index in [9.17, 15) is 4.79 Å². The van der Waals surface area contributed by atoms with Crippen molar-refractivity contribution in [2.24, 2.45) is 0 Å². The highest BCUT2D eigenvalue weighted by Gasteiger charge is 2.08. The van der Waals surface area contributed by atoms with E-state index >= 15 is 0 Å². The van der Waals surface area contributed by atoms with Gasteiger partial charge in [-0.1, -0.05) is 43.3 Å². The van der Waals surface area contributed by atoms with Crippen molar-refractivity contribution in [2.45, 2.75) is 20.3 Å². The Hall–Kier alpha value is -2.29. The molecule has 3 heteroatoms. The Bertz CT molecular complexity index is 564. The van der Waals surface area contributed by atoms with Gasteiger partial charge in [0.05, 0.1) is 0 Å². The van der Waals surface area contributed by atoms with Crippen molar-refractivity contribution in [1.82, 2.24) is 0 Å². The average Bonchev–Trinajstić information content (AvgIpc) is 2.42. The van der Waals surface area contributed by atoms with E-state index in [-0.39, 0.29) is 6.03 Å². The van der Waals surface area contributed by atoms with E-state index in [4.69, 9.17) is 0 Å². The van der Waals surface area contributed by atoms with E-state index in [1.165, 1.54) is 0 Å². The van der Waals surface area contributed by atoms with Crippen LogP contribution in [0, 0.1) is 6.92 Å². The first-order valence-electron chi connectivity index (χ1n) is 6.42. The number of para-hydroxylation sites is 2. The van der Waals surface area contributed by atoms with Crippen molar-refractivity contribution >= 4 is 17.4 Å². The van der Waals surface area contributed by atoms with Crippen molar-refractivity contribution in [3.05, 3.63) is 59.7 Å². The molecule has 0 aliphatic rings. The summed E-state index contributed by atoms with van der Waals surface area (Å²) >= 11 is 0. The molecule has 0 aliphatic heterocycles. The molecule has 2 aromatic rings. The van der Waals surface area contributed by atoms with Crippen molar-refractivity contribution in [3.8, 4) is 0 Å². The van der Waals surface area contributed by atoms with E-state index in [1.807, 2.05) is 55.5 Å². The van der Waals surface area contributed by atoms with E-state index in [0.717, 1.165) is 28.9 Å². The third-order valence-electron chi connectivity index (χ3n) is 3.01. The lowest BCUT2D eigenvalue weighted by atomic mass is 10.1. The van der Waals surface area contributed by atoms with Crippen LogP contribution in [0.2, 0.25) is 0 Å². The molecule has 0 atom stereocenters. The van der Waals surface area contributed by atoms with Crippen LogP contribution in [0.1, 0.15) is 18.1 Å². The van der Waals surface area contributed by atoms with Crippen LogP contribution < -0.4 is 10.6 Å². The number of aryl methyl sites for hydroxylation is 2. The van der Waals surface area contributed by atoms with E-state index < -0.39 is 0 Å². The minimum Gasteiger partial charge on any atom is -0.308 e. The summed E-state index contributed by atoms with van der Waals surface area (Å²) in [5.74, 6) is 0. The van der Waals surface area contributed by atoms with Gasteiger partial charge in [0.1, 0.15) is 0 Å². The van der Waals surface area contributed by atoms with Crippen molar-refractivity contribution < 1.29 is 4.79 Å². The molecule has 0 heterocycles. The smallest absolute Gasteiger partial charge is 0.308 e. The number of urea groups is 1. The summed E-state index contributed by atoms with van der Waals surface area (Å²) in [7, 11) is 0. The number of anilines is 2. The summed E-state index contributed by atoms with van der Waals surface area (Å²) in [6.07, 6.45) is 0.891. The second-order valence-corrected chi connectivity index (χ2v) is 4.41. The van der Waals surface area contributed by atoms with Crippen LogP contribution >= 0.6 is 0 Å². The molecule has 98 valence electrons. The maximum atomic E-state index is 12.0. The van der Waals surface area contributed by atoms with Crippen LogP contribution in [0.4, 0.5) is 16.2 Å². The van der Waals surface area contributed by atoms with Crippen molar-refractivity contribution in [2.75, 3.05) is 10.6 Å². The molecule has 0 bridgehead atoms. The van der Waals surface area contributed by atoms with Gasteiger partial charge in [-0.15, -0.1) is 0 Å². The highest BCUT2D eigenvalue weighted by atomic mass is 16.2. The predicted molar refractivity (Wildman–Crippen MR) is 79.6 cm³/mol. The van der Waals surface area contributed by atoms with Gasteiger partial charge in [0.2, 0.25) is 0 Å². The quantitative estimate of drug-likeness (QED) is 0.846. The number of benzene rings is 2. The SMILES string of the molecule is CCc1cccc(C)c1NC(=O)Nc1ccccc1. The zero-order chi connectivity index (χ0) is 13.7. The Morgan fingerprint density at radius 2 is 1.74 bits per heavy atom. The largest absolute Gasteiger partial charge is 0.323 e. The minimum atomic E-state index is -0.213. The number of amides is 2. The Balaban J connectivity index is 2.11. The topological polar surface area (TPSA) is 41.1 Å². The number of carbonyl (C=O) groups is 1. The molecule has 3 nitrogen and oxygen atoms in total. The first kappa shape index (κ1) is 13.1. The first-order chi connectivity index (χ1) is 9.20. The fourth-order valence-corrected chi connectivity index (χ4v) is 2.00. The van der Waals surface area contributed by atoms with Crippen LogP contribution in [-0.2, 0) is 6.42 Å². The van der Waals surface area contributed by atoms with Gasteiger partial charge in [-0.05, 0) is 36.6 Å². The molecule has 0 aliphatic carbocycles. The molecule has 0 fully saturated rings. The third kappa shape index (κ3) is 3.35. The molecule has 0 spiro atoms. The van der Waals surface area contributed by atoms with Crippen molar-refractivity contribution in [3.63, 3.8) is 0 Å². The Morgan fingerprint density at radius 1 is 1.00 bits per heavy atom. The summed E-state index contributed by atoms with van der Waals surface area (Å²) in [5.41, 5.74) is 3.90. The van der Waals surface area contributed by atoms with Gasteiger partial charge in [0, 0.05) is 11.4 Å². The molecule has 0 unspecified atom stereocenters. The van der Waals surface area contributed by atoms with Gasteiger partial charge in [0.15, 0.2) is 0 Å². The molecule has 0 radical (unpaired) electrons. The summed E-state index contributed by atoms with van der Waals surface area (Å²) in [6.45, 7) is 4.08. The second-order valence-electron chi connectivity index (χ2n) is 4.41. The molecule has 2 N–H and O–H groups in total. The highest BCUT2D eigenvalue weighted by Crippen LogP contribution is 2.21. The fourth-order valence-electron chi connectivity index (χ4n) is 2.00. The van der Waals surface area contributed by atoms with Gasteiger partial charge >= 0.3 is 6.03 Å². The molecular weight excluding hydrogens is 236 g/mol. The Morgan fingerprint density at radius 3 is 2.42 bits per heavy atom. The molecule has 19 heavy (non-hydrogen) atoms. The number of carbonyl (C=O) groups excluding carboxylic acids is 1. The zero-order valence-electron chi connectivity index (χ0n) is 11.2. The number of rotatable bonds is 3. The molecule has 0 aromatic heterocycles. The van der Waals surface area contributed by atoms with Gasteiger partial charge in [0.25, 0.3) is 0 Å². The Labute approximate surface area is 113 Å². The number of nitrogens with one attached hydrogen (secondary N) is 2. The van der Waals surface area contributed by atoms with Crippen LogP contribution in [0.3, 0.4) is 0 Å². The number of hydrogen-bond donors (Lipinski definition) is 2. The van der Waals surface area contributed by atoms with Crippen LogP contribution in [0.5, 0.6) is 0 Å². The normalized spacial score (nSPS) is 10.0. The van der Waals surface area contributed by atoms with Gasteiger partial charge in [-0.2, -0.15) is 0 Å². The predicted octanol–water partition coefficient (Wildman–Crippen LogP) is 4.20. The molecule has 2 amide bonds. The highest BCUT2D eigenvalue weighted by molar-refractivity contribution is 6.00. The standard InChI is InChI=1S/C16H18N2O/c1-3-13-9-7-8-12(2)15(13)18-16(19)17-14-10-5-4-6-11-14/h4-11H,3H2,1-2H3,(H2,17,18,19). The summed E-state index contributed by atoms with van der Waals surface area (Å²) in [5, 5.41) is 5.75. The lowest BCUT2D eigenvalue weighted by Gasteiger charge is -2.13. The van der Waals surface area contributed by atoms with Gasteiger partial charge in [-0.3, -0.25) is 0 Å². The van der Waals surface area contributed by atoms with Crippen LogP contribution in [0.25, 0.3) is 0 Å². The van der Waals surface area contributed by atoms with E-state index in [0.29, 0.717) is 0 Å². The Kier molecular flexibility index (Phi) is 4.18. The number of hydrogen-bond acceptors (Lipinski definition) is 1. The van der Waals surface area contributed by atoms with Gasteiger partial charge in [-0.25, -0.2) is 4.79 Å². The lowest BCUT2D eigenvalue weighted by Crippen LogP contribution is -2.20. The maximum absolute atomic E-state index is 12.0. The molecule has 2 rings (SSSR count). The first-order valence-corrected chi connectivity index (χ1v) is 6.42. The third-order valence-corrected chi connectivity index (χ3v) is 3.01. The monoisotopic (exact) mass is 254 g/mol. The van der Waals surface area contributed by atoms with Gasteiger partial charge < -0.3 is 10.6 Å². The lowest BCUT2D eigenvalue weighted by molar-refractivity contribution is 0.262.